The lowest BCUT2D eigenvalue weighted by Gasteiger charge is -2.25. The maximum Gasteiger partial charge on any atom is 0.248 e. The lowest BCUT2D eigenvalue weighted by molar-refractivity contribution is 0.468. The summed E-state index contributed by atoms with van der Waals surface area (Å²) < 4.78 is 6.15. The van der Waals surface area contributed by atoms with E-state index in [1.54, 1.807) is 6.20 Å². The van der Waals surface area contributed by atoms with E-state index in [-0.39, 0.29) is 0 Å². The molecule has 0 saturated heterocycles. The Kier molecular flexibility index (Phi) is 5.80. The van der Waals surface area contributed by atoms with E-state index in [4.69, 9.17) is 10.5 Å². The van der Waals surface area contributed by atoms with Gasteiger partial charge in [0.1, 0.15) is 17.5 Å². The SMILES string of the molecule is Nc1c(Oc2cccc3cccnc23)ncnc1N(Cc1ccccc1)Cc1ccccc1. The summed E-state index contributed by atoms with van der Waals surface area (Å²) in [4.78, 5) is 15.4. The van der Waals surface area contributed by atoms with Gasteiger partial charge in [-0.25, -0.2) is 4.98 Å². The third kappa shape index (κ3) is 4.60. The van der Waals surface area contributed by atoms with Gasteiger partial charge in [-0.1, -0.05) is 78.9 Å². The molecule has 5 rings (SSSR count). The fourth-order valence-electron chi connectivity index (χ4n) is 3.78. The van der Waals surface area contributed by atoms with Gasteiger partial charge in [0.2, 0.25) is 5.88 Å². The minimum absolute atomic E-state index is 0.310. The molecule has 0 radical (unpaired) electrons. The maximum atomic E-state index is 6.57. The molecule has 0 atom stereocenters. The average molecular weight is 434 g/mol. The minimum atomic E-state index is 0.310. The van der Waals surface area contributed by atoms with Crippen molar-refractivity contribution in [2.45, 2.75) is 13.1 Å². The van der Waals surface area contributed by atoms with Crippen LogP contribution < -0.4 is 15.4 Å². The number of ether oxygens (including phenoxy) is 1. The molecule has 6 heteroatoms. The van der Waals surface area contributed by atoms with E-state index < -0.39 is 0 Å². The Balaban J connectivity index is 1.51. The fourth-order valence-corrected chi connectivity index (χ4v) is 3.78. The van der Waals surface area contributed by atoms with Gasteiger partial charge in [0.05, 0.1) is 0 Å². The van der Waals surface area contributed by atoms with Crippen LogP contribution in [0.15, 0.2) is 104 Å². The molecule has 0 spiro atoms. The molecule has 0 aliphatic carbocycles. The highest BCUT2D eigenvalue weighted by Crippen LogP contribution is 2.35. The molecule has 0 aliphatic heterocycles. The number of nitrogen functional groups attached to an aromatic ring is 1. The van der Waals surface area contributed by atoms with Gasteiger partial charge in [-0.15, -0.1) is 0 Å². The van der Waals surface area contributed by atoms with Crippen LogP contribution in [0.2, 0.25) is 0 Å². The van der Waals surface area contributed by atoms with Gasteiger partial charge in [0.25, 0.3) is 0 Å². The number of hydrogen-bond donors (Lipinski definition) is 1. The topological polar surface area (TPSA) is 77.2 Å². The molecular formula is C27H23N5O. The molecule has 0 fully saturated rings. The second-order valence-corrected chi connectivity index (χ2v) is 7.68. The summed E-state index contributed by atoms with van der Waals surface area (Å²) in [6, 6.07) is 30.2. The first kappa shape index (κ1) is 20.5. The summed E-state index contributed by atoms with van der Waals surface area (Å²) in [7, 11) is 0. The third-order valence-corrected chi connectivity index (χ3v) is 5.36. The van der Waals surface area contributed by atoms with Crippen LogP contribution in [-0.2, 0) is 13.1 Å². The van der Waals surface area contributed by atoms with Crippen LogP contribution in [-0.4, -0.2) is 15.0 Å². The molecule has 0 amide bonds. The van der Waals surface area contributed by atoms with Gasteiger partial charge in [-0.3, -0.25) is 4.98 Å². The number of nitrogens with zero attached hydrogens (tertiary/aromatic N) is 4. The molecule has 33 heavy (non-hydrogen) atoms. The van der Waals surface area contributed by atoms with Crippen LogP contribution in [0.3, 0.4) is 0 Å². The number of fused-ring (bicyclic) bond motifs is 1. The number of anilines is 2. The number of pyridine rings is 1. The first-order chi connectivity index (χ1) is 16.3. The maximum absolute atomic E-state index is 6.57. The van der Waals surface area contributed by atoms with Crippen molar-refractivity contribution in [3.8, 4) is 11.6 Å². The standard InChI is InChI=1S/C27H23N5O/c28-24-26(32(17-20-9-3-1-4-10-20)18-21-11-5-2-6-12-21)30-19-31-27(24)33-23-15-7-13-22-14-8-16-29-25(22)23/h1-16,19H,17-18,28H2. The Hall–Kier alpha value is -4.45. The summed E-state index contributed by atoms with van der Waals surface area (Å²) >= 11 is 0. The van der Waals surface area contributed by atoms with Crippen molar-refractivity contribution >= 4 is 22.4 Å². The Morgan fingerprint density at radius 3 is 2.06 bits per heavy atom. The van der Waals surface area contributed by atoms with Gasteiger partial charge in [-0.2, -0.15) is 4.98 Å². The third-order valence-electron chi connectivity index (χ3n) is 5.36. The zero-order valence-corrected chi connectivity index (χ0v) is 18.0. The van der Waals surface area contributed by atoms with Gasteiger partial charge >= 0.3 is 0 Å². The number of aromatic nitrogens is 3. The smallest absolute Gasteiger partial charge is 0.248 e. The molecule has 2 heterocycles. The number of benzene rings is 3. The largest absolute Gasteiger partial charge is 0.435 e. The summed E-state index contributed by atoms with van der Waals surface area (Å²) in [6.45, 7) is 1.29. The molecule has 2 aromatic heterocycles. The molecular weight excluding hydrogens is 410 g/mol. The normalized spacial score (nSPS) is 10.8. The average Bonchev–Trinajstić information content (AvgIpc) is 2.86. The lowest BCUT2D eigenvalue weighted by atomic mass is 10.1. The highest BCUT2D eigenvalue weighted by atomic mass is 16.5. The zero-order valence-electron chi connectivity index (χ0n) is 18.0. The predicted octanol–water partition coefficient (Wildman–Crippen LogP) is 5.61. The number of nitrogens with two attached hydrogens (primary N) is 1. The summed E-state index contributed by atoms with van der Waals surface area (Å²) in [5, 5.41) is 0.984. The molecule has 3 aromatic carbocycles. The van der Waals surface area contributed by atoms with Crippen LogP contribution in [0, 0.1) is 0 Å². The minimum Gasteiger partial charge on any atom is -0.435 e. The Morgan fingerprint density at radius 2 is 1.36 bits per heavy atom. The van der Waals surface area contributed by atoms with Crippen LogP contribution in [0.5, 0.6) is 11.6 Å². The molecule has 2 N–H and O–H groups in total. The summed E-state index contributed by atoms with van der Waals surface area (Å²) in [5.41, 5.74) is 10.0. The Labute approximate surface area is 192 Å². The second-order valence-electron chi connectivity index (χ2n) is 7.68. The van der Waals surface area contributed by atoms with Gasteiger partial charge in [0.15, 0.2) is 11.6 Å². The summed E-state index contributed by atoms with van der Waals surface area (Å²) in [6.07, 6.45) is 3.23. The number of hydrogen-bond acceptors (Lipinski definition) is 6. The Bertz CT molecular complexity index is 1310. The van der Waals surface area contributed by atoms with E-state index in [1.165, 1.54) is 6.33 Å². The first-order valence-corrected chi connectivity index (χ1v) is 10.7. The van der Waals surface area contributed by atoms with Crippen molar-refractivity contribution < 1.29 is 4.74 Å². The number of rotatable bonds is 7. The van der Waals surface area contributed by atoms with Crippen molar-refractivity contribution in [3.63, 3.8) is 0 Å². The van der Waals surface area contributed by atoms with E-state index in [2.05, 4.69) is 44.1 Å². The van der Waals surface area contributed by atoms with Crippen LogP contribution in [0.25, 0.3) is 10.9 Å². The van der Waals surface area contributed by atoms with Crippen LogP contribution in [0.1, 0.15) is 11.1 Å². The van der Waals surface area contributed by atoms with E-state index in [0.717, 1.165) is 22.0 Å². The van der Waals surface area contributed by atoms with E-state index in [0.29, 0.717) is 36.2 Å². The van der Waals surface area contributed by atoms with E-state index in [1.807, 2.05) is 66.7 Å². The molecule has 6 nitrogen and oxygen atoms in total. The van der Waals surface area contributed by atoms with Gasteiger partial charge in [-0.05, 0) is 23.3 Å². The van der Waals surface area contributed by atoms with Crippen molar-refractivity contribution in [2.75, 3.05) is 10.6 Å². The molecule has 5 aromatic rings. The fraction of sp³-hybridized carbons (Fsp3) is 0.0741. The molecule has 0 unspecified atom stereocenters. The molecule has 0 bridgehead atoms. The second kappa shape index (κ2) is 9.36. The lowest BCUT2D eigenvalue weighted by Crippen LogP contribution is -2.24. The highest BCUT2D eigenvalue weighted by molar-refractivity contribution is 5.84. The van der Waals surface area contributed by atoms with Crippen molar-refractivity contribution in [1.29, 1.82) is 0 Å². The molecule has 162 valence electrons. The van der Waals surface area contributed by atoms with Crippen molar-refractivity contribution in [1.82, 2.24) is 15.0 Å². The predicted molar refractivity (Wildman–Crippen MR) is 131 cm³/mol. The van der Waals surface area contributed by atoms with Crippen molar-refractivity contribution in [3.05, 3.63) is 115 Å². The first-order valence-electron chi connectivity index (χ1n) is 10.7. The molecule has 0 saturated carbocycles. The van der Waals surface area contributed by atoms with Crippen molar-refractivity contribution in [2.24, 2.45) is 0 Å². The van der Waals surface area contributed by atoms with E-state index in [9.17, 15) is 0 Å². The quantitative estimate of drug-likeness (QED) is 0.360. The highest BCUT2D eigenvalue weighted by Gasteiger charge is 2.18. The zero-order chi connectivity index (χ0) is 22.5. The van der Waals surface area contributed by atoms with Crippen LogP contribution in [0.4, 0.5) is 11.5 Å². The monoisotopic (exact) mass is 433 g/mol. The Morgan fingerprint density at radius 1 is 0.697 bits per heavy atom. The van der Waals surface area contributed by atoms with Gasteiger partial charge < -0.3 is 15.4 Å². The molecule has 0 aliphatic rings. The van der Waals surface area contributed by atoms with Crippen LogP contribution >= 0.6 is 0 Å². The number of para-hydroxylation sites is 1. The van der Waals surface area contributed by atoms with E-state index >= 15 is 0 Å². The van der Waals surface area contributed by atoms with Gasteiger partial charge in [0, 0.05) is 24.7 Å². The summed E-state index contributed by atoms with van der Waals surface area (Å²) in [5.74, 6) is 1.53.